The quantitative estimate of drug-likeness (QED) is 0.726. The van der Waals surface area contributed by atoms with Crippen molar-refractivity contribution in [3.05, 3.63) is 21.9 Å². The molecule has 1 saturated carbocycles. The second-order valence-electron chi connectivity index (χ2n) is 3.94. The van der Waals surface area contributed by atoms with Crippen LogP contribution < -0.4 is 0 Å². The van der Waals surface area contributed by atoms with Gasteiger partial charge in [-0.2, -0.15) is 0 Å². The molecule has 82 valence electrons. The lowest BCUT2D eigenvalue weighted by Gasteiger charge is -2.33. The van der Waals surface area contributed by atoms with Gasteiger partial charge in [0.2, 0.25) is 5.92 Å². The van der Waals surface area contributed by atoms with Gasteiger partial charge < -0.3 is 0 Å². The molecule has 0 N–H and O–H groups in total. The zero-order valence-electron chi connectivity index (χ0n) is 8.43. The molecule has 2 rings (SSSR count). The lowest BCUT2D eigenvalue weighted by molar-refractivity contribution is -0.0981. The summed E-state index contributed by atoms with van der Waals surface area (Å²) in [6, 6.07) is 3.65. The van der Waals surface area contributed by atoms with Gasteiger partial charge in [0, 0.05) is 23.6 Å². The summed E-state index contributed by atoms with van der Waals surface area (Å²) in [5.41, 5.74) is 0. The van der Waals surface area contributed by atoms with Crippen LogP contribution in [0.5, 0.6) is 0 Å². The van der Waals surface area contributed by atoms with E-state index in [1.54, 1.807) is 6.07 Å². The Morgan fingerprint density at radius 3 is 2.67 bits per heavy atom. The number of aryl methyl sites for hydroxylation is 1. The van der Waals surface area contributed by atoms with Crippen molar-refractivity contribution in [3.8, 4) is 0 Å². The number of thiophene rings is 1. The minimum atomic E-state index is -2.61. The average Bonchev–Trinajstić information content (AvgIpc) is 2.61. The fourth-order valence-corrected chi connectivity index (χ4v) is 2.71. The zero-order valence-corrected chi connectivity index (χ0v) is 9.24. The lowest BCUT2D eigenvalue weighted by atomic mass is 9.78. The standard InChI is InChI=1S/C11H12F2OS/c1-2-8-3-4-9(15-8)10(14)7-5-11(12,13)6-7/h3-4,7H,2,5-6H2,1H3. The van der Waals surface area contributed by atoms with Crippen molar-refractivity contribution in [2.24, 2.45) is 5.92 Å². The maximum Gasteiger partial charge on any atom is 0.249 e. The van der Waals surface area contributed by atoms with E-state index in [0.717, 1.165) is 11.3 Å². The first-order chi connectivity index (χ1) is 7.02. The molecule has 4 heteroatoms. The van der Waals surface area contributed by atoms with Crippen LogP contribution in [-0.4, -0.2) is 11.7 Å². The van der Waals surface area contributed by atoms with Crippen LogP contribution >= 0.6 is 11.3 Å². The van der Waals surface area contributed by atoms with Gasteiger partial charge in [-0.05, 0) is 18.6 Å². The predicted molar refractivity (Wildman–Crippen MR) is 55.7 cm³/mol. The molecule has 1 heterocycles. The molecule has 1 nitrogen and oxygen atoms in total. The SMILES string of the molecule is CCc1ccc(C(=O)C2CC(F)(F)C2)s1. The van der Waals surface area contributed by atoms with Gasteiger partial charge in [0.1, 0.15) is 0 Å². The molecule has 0 radical (unpaired) electrons. The molecule has 1 aliphatic rings. The van der Waals surface area contributed by atoms with Gasteiger partial charge >= 0.3 is 0 Å². The summed E-state index contributed by atoms with van der Waals surface area (Å²) in [5, 5.41) is 0. The summed E-state index contributed by atoms with van der Waals surface area (Å²) in [4.78, 5) is 13.5. The van der Waals surface area contributed by atoms with E-state index < -0.39 is 11.8 Å². The van der Waals surface area contributed by atoms with Gasteiger partial charge in [-0.15, -0.1) is 11.3 Å². The maximum absolute atomic E-state index is 12.6. The van der Waals surface area contributed by atoms with E-state index in [1.807, 2.05) is 13.0 Å². The van der Waals surface area contributed by atoms with E-state index >= 15 is 0 Å². The Kier molecular flexibility index (Phi) is 2.63. The second kappa shape index (κ2) is 3.67. The number of ketones is 1. The van der Waals surface area contributed by atoms with E-state index in [4.69, 9.17) is 0 Å². The Morgan fingerprint density at radius 2 is 2.20 bits per heavy atom. The molecule has 0 saturated heterocycles. The second-order valence-corrected chi connectivity index (χ2v) is 5.11. The number of hydrogen-bond donors (Lipinski definition) is 0. The molecule has 0 amide bonds. The number of carbonyl (C=O) groups is 1. The van der Waals surface area contributed by atoms with Crippen LogP contribution in [0.2, 0.25) is 0 Å². The van der Waals surface area contributed by atoms with Gasteiger partial charge in [-0.3, -0.25) is 4.79 Å². The lowest BCUT2D eigenvalue weighted by Crippen LogP contribution is -2.39. The normalized spacial score (nSPS) is 19.9. The molecule has 0 spiro atoms. The fraction of sp³-hybridized carbons (Fsp3) is 0.545. The van der Waals surface area contributed by atoms with E-state index in [2.05, 4.69) is 0 Å². The largest absolute Gasteiger partial charge is 0.293 e. The molecule has 0 aliphatic heterocycles. The van der Waals surface area contributed by atoms with Gasteiger partial charge in [-0.1, -0.05) is 6.92 Å². The highest BCUT2D eigenvalue weighted by molar-refractivity contribution is 7.14. The van der Waals surface area contributed by atoms with Crippen LogP contribution in [0, 0.1) is 5.92 Å². The number of hydrogen-bond acceptors (Lipinski definition) is 2. The summed E-state index contributed by atoms with van der Waals surface area (Å²) in [5.74, 6) is -3.17. The third-order valence-electron chi connectivity index (χ3n) is 2.71. The van der Waals surface area contributed by atoms with Gasteiger partial charge in [0.15, 0.2) is 5.78 Å². The molecule has 15 heavy (non-hydrogen) atoms. The summed E-state index contributed by atoms with van der Waals surface area (Å²) in [6.45, 7) is 2.01. The molecule has 0 aromatic carbocycles. The first-order valence-corrected chi connectivity index (χ1v) is 5.84. The topological polar surface area (TPSA) is 17.1 Å². The van der Waals surface area contributed by atoms with Crippen LogP contribution in [-0.2, 0) is 6.42 Å². The monoisotopic (exact) mass is 230 g/mol. The molecule has 1 aromatic rings. The van der Waals surface area contributed by atoms with Crippen LogP contribution in [0.25, 0.3) is 0 Å². The fourth-order valence-electron chi connectivity index (χ4n) is 1.75. The third kappa shape index (κ3) is 2.09. The smallest absolute Gasteiger partial charge is 0.249 e. The van der Waals surface area contributed by atoms with Gasteiger partial charge in [0.25, 0.3) is 0 Å². The summed E-state index contributed by atoms with van der Waals surface area (Å²) in [6.07, 6.45) is 0.342. The highest BCUT2D eigenvalue weighted by Crippen LogP contribution is 2.44. The minimum absolute atomic E-state index is 0.106. The van der Waals surface area contributed by atoms with Crippen LogP contribution in [0.15, 0.2) is 12.1 Å². The van der Waals surface area contributed by atoms with Crippen LogP contribution in [0.3, 0.4) is 0 Å². The van der Waals surface area contributed by atoms with Crippen LogP contribution in [0.4, 0.5) is 8.78 Å². The molecular weight excluding hydrogens is 218 g/mol. The molecule has 1 aromatic heterocycles. The average molecular weight is 230 g/mol. The van der Waals surface area contributed by atoms with Crippen molar-refractivity contribution in [1.29, 1.82) is 0 Å². The van der Waals surface area contributed by atoms with Crippen molar-refractivity contribution in [2.45, 2.75) is 32.1 Å². The first-order valence-electron chi connectivity index (χ1n) is 5.02. The van der Waals surface area contributed by atoms with Crippen molar-refractivity contribution in [2.75, 3.05) is 0 Å². The van der Waals surface area contributed by atoms with Gasteiger partial charge in [-0.25, -0.2) is 8.78 Å². The van der Waals surface area contributed by atoms with Crippen molar-refractivity contribution >= 4 is 17.1 Å². The molecule has 0 unspecified atom stereocenters. The minimum Gasteiger partial charge on any atom is -0.293 e. The number of halogens is 2. The molecular formula is C11H12F2OS. The van der Waals surface area contributed by atoms with Crippen molar-refractivity contribution < 1.29 is 13.6 Å². The molecule has 1 aliphatic carbocycles. The molecule has 0 atom stereocenters. The van der Waals surface area contributed by atoms with E-state index in [0.29, 0.717) is 4.88 Å². The Bertz CT molecular complexity index is 376. The first kappa shape index (κ1) is 10.7. The van der Waals surface area contributed by atoms with Crippen molar-refractivity contribution in [1.82, 2.24) is 0 Å². The third-order valence-corrected chi connectivity index (χ3v) is 3.96. The highest BCUT2D eigenvalue weighted by atomic mass is 32.1. The number of alkyl halides is 2. The Balaban J connectivity index is 2.03. The van der Waals surface area contributed by atoms with E-state index in [-0.39, 0.29) is 18.6 Å². The molecule has 0 bridgehead atoms. The number of rotatable bonds is 3. The Labute approximate surface area is 91.1 Å². The number of Topliss-reactive ketones (excluding diaryl/α,β-unsaturated/α-hetero) is 1. The van der Waals surface area contributed by atoms with E-state index in [1.165, 1.54) is 11.3 Å². The Hall–Kier alpha value is -0.770. The van der Waals surface area contributed by atoms with Gasteiger partial charge in [0.05, 0.1) is 4.88 Å². The van der Waals surface area contributed by atoms with Crippen LogP contribution in [0.1, 0.15) is 34.3 Å². The highest BCUT2D eigenvalue weighted by Gasteiger charge is 2.48. The maximum atomic E-state index is 12.6. The zero-order chi connectivity index (χ0) is 11.1. The Morgan fingerprint density at radius 1 is 1.53 bits per heavy atom. The van der Waals surface area contributed by atoms with E-state index in [9.17, 15) is 13.6 Å². The summed E-state index contributed by atoms with van der Waals surface area (Å²) < 4.78 is 25.2. The molecule has 1 fully saturated rings. The summed E-state index contributed by atoms with van der Waals surface area (Å²) in [7, 11) is 0. The predicted octanol–water partition coefficient (Wildman–Crippen LogP) is 3.54. The van der Waals surface area contributed by atoms with Crippen molar-refractivity contribution in [3.63, 3.8) is 0 Å². The number of carbonyl (C=O) groups excluding carboxylic acids is 1. The summed E-state index contributed by atoms with van der Waals surface area (Å²) >= 11 is 1.42.